The summed E-state index contributed by atoms with van der Waals surface area (Å²) >= 11 is 0. The zero-order valence-corrected chi connectivity index (χ0v) is 16.0. The lowest BCUT2D eigenvalue weighted by Crippen LogP contribution is -2.38. The molecular formula is C12H19N3O11P2. The lowest BCUT2D eigenvalue weighted by molar-refractivity contribution is -0.0681. The number of rotatable bonds is 9. The van der Waals surface area contributed by atoms with Crippen molar-refractivity contribution in [3.05, 3.63) is 35.4 Å². The molecular weight excluding hydrogens is 424 g/mol. The van der Waals surface area contributed by atoms with Gasteiger partial charge in [-0.25, -0.2) is 13.9 Å². The van der Waals surface area contributed by atoms with Crippen molar-refractivity contribution in [2.24, 2.45) is 0 Å². The number of nitrogens with two attached hydrogens (primary N) is 1. The van der Waals surface area contributed by atoms with E-state index in [0.29, 0.717) is 0 Å². The van der Waals surface area contributed by atoms with Crippen molar-refractivity contribution in [2.75, 3.05) is 18.9 Å². The van der Waals surface area contributed by atoms with Gasteiger partial charge in [-0.2, -0.15) is 9.29 Å². The van der Waals surface area contributed by atoms with Crippen LogP contribution < -0.4 is 11.4 Å². The first kappa shape index (κ1) is 22.8. The fourth-order valence-corrected chi connectivity index (χ4v) is 3.98. The number of aromatic nitrogens is 2. The minimum Gasteiger partial charge on any atom is -0.387 e. The van der Waals surface area contributed by atoms with Crippen molar-refractivity contribution in [1.29, 1.82) is 0 Å². The molecule has 1 fully saturated rings. The molecule has 1 saturated heterocycles. The van der Waals surface area contributed by atoms with Crippen LogP contribution >= 0.6 is 15.6 Å². The van der Waals surface area contributed by atoms with Crippen molar-refractivity contribution in [1.82, 2.24) is 9.55 Å². The monoisotopic (exact) mass is 443 g/mol. The smallest absolute Gasteiger partial charge is 0.387 e. The zero-order valence-electron chi connectivity index (χ0n) is 14.2. The van der Waals surface area contributed by atoms with E-state index in [4.69, 9.17) is 25.0 Å². The molecule has 2 rings (SSSR count). The summed E-state index contributed by atoms with van der Waals surface area (Å²) in [5.41, 5.74) is 4.62. The second-order valence-electron chi connectivity index (χ2n) is 5.52. The molecule has 16 heteroatoms. The maximum Gasteiger partial charge on any atom is 0.481 e. The molecule has 1 unspecified atom stereocenters. The molecule has 0 aliphatic carbocycles. The van der Waals surface area contributed by atoms with Crippen molar-refractivity contribution in [3.8, 4) is 0 Å². The minimum absolute atomic E-state index is 0.0217. The second kappa shape index (κ2) is 8.93. The van der Waals surface area contributed by atoms with Crippen molar-refractivity contribution >= 4 is 21.5 Å². The topological polar surface area (TPSA) is 213 Å². The molecule has 1 aliphatic rings. The van der Waals surface area contributed by atoms with Crippen LogP contribution in [0, 0.1) is 0 Å². The summed E-state index contributed by atoms with van der Waals surface area (Å²) in [7, 11) is -10.5. The van der Waals surface area contributed by atoms with Crippen LogP contribution in [-0.2, 0) is 27.4 Å². The Bertz CT molecular complexity index is 855. The van der Waals surface area contributed by atoms with E-state index < -0.39 is 52.5 Å². The molecule has 6 N–H and O–H groups in total. The molecule has 2 heterocycles. The summed E-state index contributed by atoms with van der Waals surface area (Å²) < 4.78 is 42.2. The van der Waals surface area contributed by atoms with E-state index in [1.807, 2.05) is 0 Å². The number of phosphoric ester groups is 1. The molecule has 28 heavy (non-hydrogen) atoms. The molecule has 14 nitrogen and oxygen atoms in total. The van der Waals surface area contributed by atoms with Gasteiger partial charge < -0.3 is 35.0 Å². The van der Waals surface area contributed by atoms with Crippen LogP contribution in [0.15, 0.2) is 29.7 Å². The summed E-state index contributed by atoms with van der Waals surface area (Å²) in [6, 6.07) is 1.31. The highest BCUT2D eigenvalue weighted by Crippen LogP contribution is 2.57. The largest absolute Gasteiger partial charge is 0.481 e. The molecule has 1 aromatic heterocycles. The SMILES string of the molecule is C=CCO[C@@H]1[C@H](O)[C@@H](COP(=O)(O)OP(=O)(O)O)O[C@H]1n1ccc(N)nc1=O. The van der Waals surface area contributed by atoms with Gasteiger partial charge >= 0.3 is 21.3 Å². The second-order valence-corrected chi connectivity index (χ2v) is 8.35. The van der Waals surface area contributed by atoms with Gasteiger partial charge in [0.15, 0.2) is 6.23 Å². The van der Waals surface area contributed by atoms with Crippen molar-refractivity contribution in [3.63, 3.8) is 0 Å². The van der Waals surface area contributed by atoms with Gasteiger partial charge in [-0.05, 0) is 6.07 Å². The Morgan fingerprint density at radius 1 is 1.39 bits per heavy atom. The summed E-state index contributed by atoms with van der Waals surface area (Å²) in [5.74, 6) is -0.0426. The number of nitrogen functional groups attached to an aromatic ring is 1. The predicted molar refractivity (Wildman–Crippen MR) is 91.7 cm³/mol. The van der Waals surface area contributed by atoms with Gasteiger partial charge in [0.1, 0.15) is 24.1 Å². The lowest BCUT2D eigenvalue weighted by atomic mass is 10.1. The van der Waals surface area contributed by atoms with Crippen LogP contribution in [0.1, 0.15) is 6.23 Å². The zero-order chi connectivity index (χ0) is 21.1. The fraction of sp³-hybridized carbons (Fsp3) is 0.500. The van der Waals surface area contributed by atoms with Crippen molar-refractivity contribution < 1.29 is 47.2 Å². The van der Waals surface area contributed by atoms with Gasteiger partial charge in [0.2, 0.25) is 0 Å². The van der Waals surface area contributed by atoms with Crippen LogP contribution in [0.25, 0.3) is 0 Å². The van der Waals surface area contributed by atoms with Gasteiger partial charge in [-0.1, -0.05) is 6.08 Å². The molecule has 0 amide bonds. The van der Waals surface area contributed by atoms with Gasteiger partial charge in [-0.3, -0.25) is 9.09 Å². The number of nitrogens with zero attached hydrogens (tertiary/aromatic N) is 2. The first-order valence-corrected chi connectivity index (χ1v) is 10.6. The summed E-state index contributed by atoms with van der Waals surface area (Å²) in [5, 5.41) is 10.4. The van der Waals surface area contributed by atoms with Crippen LogP contribution in [0.5, 0.6) is 0 Å². The fourth-order valence-electron chi connectivity index (χ4n) is 2.38. The van der Waals surface area contributed by atoms with E-state index in [-0.39, 0.29) is 12.4 Å². The number of hydrogen-bond donors (Lipinski definition) is 5. The summed E-state index contributed by atoms with van der Waals surface area (Å²) in [6.07, 6.45) is -2.47. The number of phosphoric acid groups is 2. The highest BCUT2D eigenvalue weighted by molar-refractivity contribution is 7.60. The van der Waals surface area contributed by atoms with Crippen LogP contribution in [0.2, 0.25) is 0 Å². The Balaban J connectivity index is 2.19. The summed E-state index contributed by atoms with van der Waals surface area (Å²) in [4.78, 5) is 42.1. The Labute approximate surface area is 158 Å². The molecule has 1 aliphatic heterocycles. The first-order chi connectivity index (χ1) is 12.9. The molecule has 0 aromatic carbocycles. The van der Waals surface area contributed by atoms with Crippen LogP contribution in [0.4, 0.5) is 5.82 Å². The van der Waals surface area contributed by atoms with Crippen LogP contribution in [-0.4, -0.2) is 60.9 Å². The average molecular weight is 443 g/mol. The van der Waals surface area contributed by atoms with E-state index in [1.54, 1.807) is 0 Å². The third kappa shape index (κ3) is 6.03. The number of aliphatic hydroxyl groups excluding tert-OH is 1. The van der Waals surface area contributed by atoms with Gasteiger partial charge in [-0.15, -0.1) is 6.58 Å². The first-order valence-electron chi connectivity index (χ1n) is 7.58. The standard InChI is InChI=1S/C12H19N3O11P2/c1-2-5-23-10-9(16)7(6-24-28(21,22)26-27(18,19)20)25-11(10)15-4-3-8(13)14-12(15)17/h2-4,7,9-11,16H,1,5-6H2,(H,21,22)(H2,13,14,17)(H2,18,19,20)/t7-,9-,10-,11-/m1/s1. The minimum atomic E-state index is -5.30. The Morgan fingerprint density at radius 3 is 2.64 bits per heavy atom. The number of hydrogen-bond acceptors (Lipinski definition) is 10. The maximum absolute atomic E-state index is 12.0. The molecule has 0 spiro atoms. The maximum atomic E-state index is 12.0. The number of aliphatic hydroxyl groups is 1. The Morgan fingerprint density at radius 2 is 2.07 bits per heavy atom. The molecule has 5 atom stereocenters. The molecule has 0 bridgehead atoms. The highest BCUT2D eigenvalue weighted by Gasteiger charge is 2.47. The molecule has 1 aromatic rings. The normalized spacial score (nSPS) is 27.4. The average Bonchev–Trinajstić information content (AvgIpc) is 2.85. The molecule has 158 valence electrons. The van der Waals surface area contributed by atoms with Gasteiger partial charge in [0, 0.05) is 6.20 Å². The summed E-state index contributed by atoms with van der Waals surface area (Å²) in [6.45, 7) is 2.63. The van der Waals surface area contributed by atoms with E-state index in [9.17, 15) is 23.9 Å². The van der Waals surface area contributed by atoms with Gasteiger partial charge in [0.05, 0.1) is 13.2 Å². The Hall–Kier alpha value is -1.44. The third-order valence-electron chi connectivity index (χ3n) is 3.46. The quantitative estimate of drug-likeness (QED) is 0.226. The van der Waals surface area contributed by atoms with Gasteiger partial charge in [0.25, 0.3) is 0 Å². The van der Waals surface area contributed by atoms with E-state index in [1.165, 1.54) is 18.3 Å². The van der Waals surface area contributed by atoms with E-state index in [2.05, 4.69) is 20.4 Å². The van der Waals surface area contributed by atoms with Crippen molar-refractivity contribution in [2.45, 2.75) is 24.5 Å². The van der Waals surface area contributed by atoms with Crippen LogP contribution in [0.3, 0.4) is 0 Å². The predicted octanol–water partition coefficient (Wildman–Crippen LogP) is -1.12. The van der Waals surface area contributed by atoms with E-state index >= 15 is 0 Å². The van der Waals surface area contributed by atoms with E-state index in [0.717, 1.165) is 4.57 Å². The number of anilines is 1. The third-order valence-corrected chi connectivity index (χ3v) is 5.61. The number of ether oxygens (including phenoxy) is 2. The molecule has 0 saturated carbocycles. The Kier molecular flexibility index (Phi) is 7.28. The highest BCUT2D eigenvalue weighted by atomic mass is 31.3. The lowest BCUT2D eigenvalue weighted by Gasteiger charge is -2.21. The molecule has 0 radical (unpaired) electrons.